The zero-order valence-corrected chi connectivity index (χ0v) is 21.0. The number of non-ortho nitro benzene ring substituents is 1. The molecule has 7 nitrogen and oxygen atoms in total. The van der Waals surface area contributed by atoms with E-state index in [2.05, 4.69) is 18.1 Å². The molecule has 1 atom stereocenters. The van der Waals surface area contributed by atoms with Crippen molar-refractivity contribution in [3.63, 3.8) is 0 Å². The number of aryl methyl sites for hydroxylation is 1. The smallest absolute Gasteiger partial charge is 0.271 e. The molecule has 0 fully saturated rings. The van der Waals surface area contributed by atoms with Crippen LogP contribution in [-0.2, 0) is 6.42 Å². The minimum atomic E-state index is -0.476. The van der Waals surface area contributed by atoms with Crippen LogP contribution in [0.15, 0.2) is 88.2 Å². The average molecular weight is 520 g/mol. The Bertz CT molecular complexity index is 1840. The molecule has 8 heteroatoms. The first-order valence-corrected chi connectivity index (χ1v) is 12.9. The molecule has 0 spiro atoms. The Balaban J connectivity index is 1.54. The normalized spacial score (nSPS) is 16.1. The van der Waals surface area contributed by atoms with Crippen molar-refractivity contribution in [2.24, 2.45) is 4.99 Å². The molecule has 0 bridgehead atoms. The minimum Gasteiger partial charge on any atom is -0.481 e. The number of ether oxygens (including phenoxy) is 1. The van der Waals surface area contributed by atoms with Crippen LogP contribution in [0.3, 0.4) is 0 Å². The maximum atomic E-state index is 13.8. The Labute approximate surface area is 221 Å². The van der Waals surface area contributed by atoms with E-state index in [9.17, 15) is 14.9 Å². The number of hydrogen-bond acceptors (Lipinski definition) is 6. The van der Waals surface area contributed by atoms with Gasteiger partial charge in [0.15, 0.2) is 4.80 Å². The van der Waals surface area contributed by atoms with E-state index >= 15 is 0 Å². The van der Waals surface area contributed by atoms with Gasteiger partial charge in [0, 0.05) is 17.7 Å². The van der Waals surface area contributed by atoms with E-state index < -0.39 is 11.0 Å². The number of allylic oxidation sites excluding steroid dienone is 1. The number of benzene rings is 3. The van der Waals surface area contributed by atoms with Gasteiger partial charge in [-0.1, -0.05) is 65.8 Å². The molecular weight excluding hydrogens is 498 g/mol. The van der Waals surface area contributed by atoms with Crippen LogP contribution in [0, 0.1) is 22.5 Å². The van der Waals surface area contributed by atoms with Crippen LogP contribution < -0.4 is 19.6 Å². The molecule has 0 saturated heterocycles. The van der Waals surface area contributed by atoms with Crippen LogP contribution in [0.1, 0.15) is 34.7 Å². The third-order valence-corrected chi connectivity index (χ3v) is 7.75. The molecule has 38 heavy (non-hydrogen) atoms. The van der Waals surface area contributed by atoms with E-state index in [0.29, 0.717) is 27.1 Å². The fraction of sp³-hybridized carbons (Fsp3) is 0.133. The van der Waals surface area contributed by atoms with E-state index in [1.807, 2.05) is 48.5 Å². The van der Waals surface area contributed by atoms with Gasteiger partial charge in [-0.05, 0) is 53.3 Å². The van der Waals surface area contributed by atoms with Gasteiger partial charge < -0.3 is 4.74 Å². The van der Waals surface area contributed by atoms with Gasteiger partial charge in [0.1, 0.15) is 12.4 Å². The summed E-state index contributed by atoms with van der Waals surface area (Å²) in [5.74, 6) is 3.09. The molecule has 0 radical (unpaired) electrons. The van der Waals surface area contributed by atoms with Gasteiger partial charge in [-0.3, -0.25) is 19.5 Å². The van der Waals surface area contributed by atoms with Crippen LogP contribution in [0.4, 0.5) is 5.69 Å². The molecule has 2 aliphatic rings. The van der Waals surface area contributed by atoms with E-state index in [0.717, 1.165) is 28.8 Å². The number of rotatable bonds is 5. The van der Waals surface area contributed by atoms with E-state index in [1.54, 1.807) is 16.7 Å². The highest BCUT2D eigenvalue weighted by Crippen LogP contribution is 2.41. The molecule has 0 unspecified atom stereocenters. The molecular formula is C30H21N3O4S. The van der Waals surface area contributed by atoms with Gasteiger partial charge in [0.25, 0.3) is 11.2 Å². The van der Waals surface area contributed by atoms with Crippen LogP contribution in [0.25, 0.3) is 11.8 Å². The maximum Gasteiger partial charge on any atom is 0.271 e. The second-order valence-electron chi connectivity index (χ2n) is 9.03. The number of fused-ring (bicyclic) bond motifs is 3. The lowest BCUT2D eigenvalue weighted by Crippen LogP contribution is -2.38. The number of thiazole rings is 1. The van der Waals surface area contributed by atoms with Crippen LogP contribution in [0.5, 0.6) is 5.75 Å². The van der Waals surface area contributed by atoms with Crippen molar-refractivity contribution in [1.82, 2.24) is 4.57 Å². The van der Waals surface area contributed by atoms with Crippen LogP contribution >= 0.6 is 11.3 Å². The average Bonchev–Trinajstić information content (AvgIpc) is 3.25. The summed E-state index contributed by atoms with van der Waals surface area (Å²) in [6, 6.07) is 21.6. The molecule has 3 aromatic carbocycles. The van der Waals surface area contributed by atoms with Crippen molar-refractivity contribution in [2.45, 2.75) is 18.9 Å². The molecule has 6 rings (SSSR count). The van der Waals surface area contributed by atoms with Crippen molar-refractivity contribution in [1.29, 1.82) is 0 Å². The zero-order chi connectivity index (χ0) is 26.2. The summed E-state index contributed by atoms with van der Waals surface area (Å²) < 4.78 is 7.66. The highest BCUT2D eigenvalue weighted by atomic mass is 32.1. The van der Waals surface area contributed by atoms with Crippen molar-refractivity contribution in [3.05, 3.63) is 130 Å². The summed E-state index contributed by atoms with van der Waals surface area (Å²) >= 11 is 1.32. The Morgan fingerprint density at radius 3 is 2.74 bits per heavy atom. The van der Waals surface area contributed by atoms with Gasteiger partial charge in [-0.15, -0.1) is 6.42 Å². The first-order valence-electron chi connectivity index (χ1n) is 12.1. The number of nitro groups is 1. The van der Waals surface area contributed by atoms with Crippen LogP contribution in [-0.4, -0.2) is 16.1 Å². The molecule has 0 N–H and O–H groups in total. The van der Waals surface area contributed by atoms with Gasteiger partial charge >= 0.3 is 0 Å². The maximum absolute atomic E-state index is 13.8. The topological polar surface area (TPSA) is 86.7 Å². The highest BCUT2D eigenvalue weighted by Gasteiger charge is 2.33. The van der Waals surface area contributed by atoms with Crippen molar-refractivity contribution < 1.29 is 9.66 Å². The fourth-order valence-corrected chi connectivity index (χ4v) is 6.07. The summed E-state index contributed by atoms with van der Waals surface area (Å²) in [5.41, 5.74) is 5.45. The first kappa shape index (κ1) is 23.6. The number of hydrogen-bond donors (Lipinski definition) is 0. The molecule has 4 aromatic rings. The monoisotopic (exact) mass is 519 g/mol. The lowest BCUT2D eigenvalue weighted by Gasteiger charge is -2.30. The summed E-state index contributed by atoms with van der Waals surface area (Å²) in [5, 5.41) is 11.6. The Morgan fingerprint density at radius 1 is 1.13 bits per heavy atom. The van der Waals surface area contributed by atoms with E-state index in [-0.39, 0.29) is 17.9 Å². The molecule has 1 aliphatic heterocycles. The Kier molecular flexibility index (Phi) is 5.98. The van der Waals surface area contributed by atoms with Gasteiger partial charge in [-0.25, -0.2) is 4.99 Å². The highest BCUT2D eigenvalue weighted by molar-refractivity contribution is 7.07. The van der Waals surface area contributed by atoms with Crippen molar-refractivity contribution in [3.8, 4) is 18.1 Å². The minimum absolute atomic E-state index is 0.00729. The molecule has 0 amide bonds. The lowest BCUT2D eigenvalue weighted by atomic mass is 9.83. The summed E-state index contributed by atoms with van der Waals surface area (Å²) in [4.78, 5) is 30.5. The van der Waals surface area contributed by atoms with Gasteiger partial charge in [0.2, 0.25) is 0 Å². The summed E-state index contributed by atoms with van der Waals surface area (Å²) in [6.07, 6.45) is 8.61. The van der Waals surface area contributed by atoms with E-state index in [4.69, 9.17) is 16.2 Å². The quantitative estimate of drug-likeness (QED) is 0.224. The largest absolute Gasteiger partial charge is 0.481 e. The van der Waals surface area contributed by atoms with Gasteiger partial charge in [0.05, 0.1) is 21.2 Å². The number of nitrogens with zero attached hydrogens (tertiary/aromatic N) is 3. The number of terminal acetylenes is 1. The Hall–Kier alpha value is -4.74. The fourth-order valence-electron chi connectivity index (χ4n) is 5.07. The van der Waals surface area contributed by atoms with E-state index in [1.165, 1.54) is 23.0 Å². The standard InChI is InChI=1S/C30H21N3O4S/c1-2-16-37-23-13-10-19(11-14-23)17-26-29(34)32-28(21-7-5-8-22(18-21)33(35)36)25-15-12-20-6-3-4-9-24(20)27(25)31-30(32)38-26/h1,3-11,13-14,17-18,28H,12,15-16H2/b26-17+/t28-/m0/s1. The van der Waals surface area contributed by atoms with Crippen LogP contribution in [0.2, 0.25) is 0 Å². The Morgan fingerprint density at radius 2 is 1.95 bits per heavy atom. The van der Waals surface area contributed by atoms with Crippen molar-refractivity contribution in [2.75, 3.05) is 6.61 Å². The molecule has 1 aromatic heterocycles. The SMILES string of the molecule is C#CCOc1ccc(/C=c2/sc3n(c2=O)[C@@H](c2cccc([N+](=O)[O-])c2)C2=C(N=3)c3ccccc3CC2)cc1. The van der Waals surface area contributed by atoms with Crippen molar-refractivity contribution >= 4 is 28.8 Å². The van der Waals surface area contributed by atoms with Gasteiger partial charge in [-0.2, -0.15) is 0 Å². The second-order valence-corrected chi connectivity index (χ2v) is 10.0. The second kappa shape index (κ2) is 9.61. The molecule has 186 valence electrons. The predicted octanol–water partition coefficient (Wildman–Crippen LogP) is 4.24. The lowest BCUT2D eigenvalue weighted by molar-refractivity contribution is -0.384. The molecule has 0 saturated carbocycles. The number of aromatic nitrogens is 1. The third-order valence-electron chi connectivity index (χ3n) is 6.77. The summed E-state index contributed by atoms with van der Waals surface area (Å²) in [6.45, 7) is 0.184. The predicted molar refractivity (Wildman–Crippen MR) is 147 cm³/mol. The summed E-state index contributed by atoms with van der Waals surface area (Å²) in [7, 11) is 0. The molecule has 1 aliphatic carbocycles. The number of nitro benzene ring substituents is 1. The first-order chi connectivity index (χ1) is 18.5. The molecule has 2 heterocycles. The third kappa shape index (κ3) is 4.13. The zero-order valence-electron chi connectivity index (χ0n) is 20.2.